The van der Waals surface area contributed by atoms with Crippen molar-refractivity contribution in [2.24, 2.45) is 5.73 Å². The number of hydrogen-bond acceptors (Lipinski definition) is 2. The van der Waals surface area contributed by atoms with Gasteiger partial charge in [0.1, 0.15) is 5.82 Å². The van der Waals surface area contributed by atoms with Gasteiger partial charge in [-0.1, -0.05) is 0 Å². The lowest BCUT2D eigenvalue weighted by Crippen LogP contribution is -2.38. The number of benzene rings is 1. The van der Waals surface area contributed by atoms with Gasteiger partial charge >= 0.3 is 0 Å². The van der Waals surface area contributed by atoms with Gasteiger partial charge in [-0.2, -0.15) is 0 Å². The van der Waals surface area contributed by atoms with E-state index in [2.05, 4.69) is 5.32 Å². The van der Waals surface area contributed by atoms with Gasteiger partial charge in [0.15, 0.2) is 11.6 Å². The summed E-state index contributed by atoms with van der Waals surface area (Å²) in [4.78, 5) is 11.4. The maximum Gasteiger partial charge on any atom is 0.254 e. The summed E-state index contributed by atoms with van der Waals surface area (Å²) >= 11 is 0. The molecule has 16 heavy (non-hydrogen) atoms. The first kappa shape index (κ1) is 12.5. The summed E-state index contributed by atoms with van der Waals surface area (Å²) < 4.78 is 38.5. The molecule has 0 aliphatic heterocycles. The van der Waals surface area contributed by atoms with Crippen LogP contribution in [-0.4, -0.2) is 18.5 Å². The summed E-state index contributed by atoms with van der Waals surface area (Å²) in [5, 5.41) is 2.34. The molecule has 0 spiro atoms. The predicted octanol–water partition coefficient (Wildman–Crippen LogP) is 1.18. The van der Waals surface area contributed by atoms with Crippen molar-refractivity contribution in [3.05, 3.63) is 35.1 Å². The topological polar surface area (TPSA) is 55.1 Å². The number of hydrogen-bond donors (Lipinski definition) is 2. The summed E-state index contributed by atoms with van der Waals surface area (Å²) in [6.45, 7) is 1.77. The first-order valence-corrected chi connectivity index (χ1v) is 4.61. The van der Waals surface area contributed by atoms with Crippen LogP contribution in [0.3, 0.4) is 0 Å². The van der Waals surface area contributed by atoms with Crippen LogP contribution in [-0.2, 0) is 0 Å². The van der Waals surface area contributed by atoms with Crippen molar-refractivity contribution >= 4 is 5.91 Å². The number of carbonyl (C=O) groups excluding carboxylic acids is 1. The highest BCUT2D eigenvalue weighted by molar-refractivity contribution is 5.94. The second-order valence-electron chi connectivity index (χ2n) is 3.36. The van der Waals surface area contributed by atoms with Gasteiger partial charge in [0.2, 0.25) is 0 Å². The zero-order chi connectivity index (χ0) is 12.3. The molecule has 1 unspecified atom stereocenters. The van der Waals surface area contributed by atoms with Crippen LogP contribution in [0.25, 0.3) is 0 Å². The molecular formula is C10H11F3N2O. The van der Waals surface area contributed by atoms with E-state index in [-0.39, 0.29) is 12.6 Å². The minimum atomic E-state index is -1.33. The zero-order valence-electron chi connectivity index (χ0n) is 8.56. The minimum Gasteiger partial charge on any atom is -0.348 e. The maximum absolute atomic E-state index is 13.1. The van der Waals surface area contributed by atoms with Gasteiger partial charge in [-0.05, 0) is 13.0 Å². The predicted molar refractivity (Wildman–Crippen MR) is 52.3 cm³/mol. The Labute approximate surface area is 90.4 Å². The van der Waals surface area contributed by atoms with E-state index in [0.717, 1.165) is 0 Å². The molecule has 3 nitrogen and oxygen atoms in total. The second kappa shape index (κ2) is 4.98. The number of nitrogens with one attached hydrogen (secondary N) is 1. The van der Waals surface area contributed by atoms with E-state index in [4.69, 9.17) is 5.73 Å². The molecule has 0 aliphatic carbocycles. The highest BCUT2D eigenvalue weighted by atomic mass is 19.2. The van der Waals surface area contributed by atoms with Crippen LogP contribution in [0.2, 0.25) is 0 Å². The van der Waals surface area contributed by atoms with Crippen LogP contribution in [0.4, 0.5) is 13.2 Å². The molecule has 0 saturated heterocycles. The lowest BCUT2D eigenvalue weighted by Gasteiger charge is -2.11. The van der Waals surface area contributed by atoms with Crippen LogP contribution >= 0.6 is 0 Å². The van der Waals surface area contributed by atoms with Crippen molar-refractivity contribution in [3.8, 4) is 0 Å². The third-order valence-corrected chi connectivity index (χ3v) is 1.99. The SMILES string of the molecule is CC(CN)NC(=O)c1cc(F)c(F)cc1F. The van der Waals surface area contributed by atoms with Gasteiger partial charge in [-0.3, -0.25) is 4.79 Å². The average molecular weight is 232 g/mol. The van der Waals surface area contributed by atoms with E-state index in [1.54, 1.807) is 6.92 Å². The van der Waals surface area contributed by atoms with Crippen LogP contribution in [0.5, 0.6) is 0 Å². The molecule has 0 radical (unpaired) electrons. The van der Waals surface area contributed by atoms with E-state index in [0.29, 0.717) is 12.1 Å². The molecule has 1 atom stereocenters. The lowest BCUT2D eigenvalue weighted by molar-refractivity contribution is 0.0936. The Morgan fingerprint density at radius 2 is 1.88 bits per heavy atom. The molecule has 1 amide bonds. The molecule has 3 N–H and O–H groups in total. The Hall–Kier alpha value is -1.56. The Kier molecular flexibility index (Phi) is 3.89. The second-order valence-corrected chi connectivity index (χ2v) is 3.36. The molecule has 0 heterocycles. The fourth-order valence-electron chi connectivity index (χ4n) is 1.06. The average Bonchev–Trinajstić information content (AvgIpc) is 2.23. The summed E-state index contributed by atoms with van der Waals surface area (Å²) in [5.41, 5.74) is 4.71. The van der Waals surface area contributed by atoms with E-state index < -0.39 is 28.9 Å². The largest absolute Gasteiger partial charge is 0.348 e. The van der Waals surface area contributed by atoms with Crippen molar-refractivity contribution in [2.45, 2.75) is 13.0 Å². The highest BCUT2D eigenvalue weighted by Gasteiger charge is 2.17. The first-order chi connectivity index (χ1) is 7.45. The quantitative estimate of drug-likeness (QED) is 0.769. The standard InChI is InChI=1S/C10H11F3N2O/c1-5(4-14)15-10(16)6-2-8(12)9(13)3-7(6)11/h2-3,5H,4,14H2,1H3,(H,15,16). The van der Waals surface area contributed by atoms with Crippen LogP contribution < -0.4 is 11.1 Å². The number of rotatable bonds is 3. The van der Waals surface area contributed by atoms with Crippen molar-refractivity contribution in [1.82, 2.24) is 5.32 Å². The summed E-state index contributed by atoms with van der Waals surface area (Å²) in [6, 6.07) is 0.473. The van der Waals surface area contributed by atoms with Gasteiger partial charge in [-0.25, -0.2) is 13.2 Å². The van der Waals surface area contributed by atoms with E-state index >= 15 is 0 Å². The van der Waals surface area contributed by atoms with Crippen molar-refractivity contribution in [1.29, 1.82) is 0 Å². The molecule has 0 fully saturated rings. The monoisotopic (exact) mass is 232 g/mol. The summed E-state index contributed by atoms with van der Waals surface area (Å²) in [5.74, 6) is -4.54. The van der Waals surface area contributed by atoms with Gasteiger partial charge < -0.3 is 11.1 Å². The van der Waals surface area contributed by atoms with Crippen LogP contribution in [0, 0.1) is 17.5 Å². The summed E-state index contributed by atoms with van der Waals surface area (Å²) in [7, 11) is 0. The van der Waals surface area contributed by atoms with E-state index in [1.807, 2.05) is 0 Å². The van der Waals surface area contributed by atoms with Gasteiger partial charge in [0, 0.05) is 18.7 Å². The smallest absolute Gasteiger partial charge is 0.254 e. The fourth-order valence-corrected chi connectivity index (χ4v) is 1.06. The van der Waals surface area contributed by atoms with Gasteiger partial charge in [0.25, 0.3) is 5.91 Å². The number of carbonyl (C=O) groups is 1. The fraction of sp³-hybridized carbons (Fsp3) is 0.300. The molecule has 1 aromatic carbocycles. The normalized spacial score (nSPS) is 12.3. The highest BCUT2D eigenvalue weighted by Crippen LogP contribution is 2.13. The van der Waals surface area contributed by atoms with Gasteiger partial charge in [-0.15, -0.1) is 0 Å². The third kappa shape index (κ3) is 2.73. The van der Waals surface area contributed by atoms with Gasteiger partial charge in [0.05, 0.1) is 5.56 Å². The number of amides is 1. The Morgan fingerprint density at radius 1 is 1.31 bits per heavy atom. The summed E-state index contributed by atoms with van der Waals surface area (Å²) in [6.07, 6.45) is 0. The van der Waals surface area contributed by atoms with Crippen LogP contribution in [0.15, 0.2) is 12.1 Å². The van der Waals surface area contributed by atoms with Crippen molar-refractivity contribution < 1.29 is 18.0 Å². The lowest BCUT2D eigenvalue weighted by atomic mass is 10.1. The molecule has 0 saturated carbocycles. The molecule has 0 bridgehead atoms. The molecule has 0 aliphatic rings. The molecule has 1 aromatic rings. The Bertz CT molecular complexity index is 409. The Balaban J connectivity index is 2.96. The van der Waals surface area contributed by atoms with E-state index in [1.165, 1.54) is 0 Å². The van der Waals surface area contributed by atoms with Crippen molar-refractivity contribution in [2.75, 3.05) is 6.54 Å². The molecule has 1 rings (SSSR count). The zero-order valence-corrected chi connectivity index (χ0v) is 8.56. The molecule has 0 aromatic heterocycles. The van der Waals surface area contributed by atoms with E-state index in [9.17, 15) is 18.0 Å². The molecule has 88 valence electrons. The first-order valence-electron chi connectivity index (χ1n) is 4.61. The van der Waals surface area contributed by atoms with Crippen molar-refractivity contribution in [3.63, 3.8) is 0 Å². The van der Waals surface area contributed by atoms with Crippen LogP contribution in [0.1, 0.15) is 17.3 Å². The minimum absolute atomic E-state index is 0.164. The number of nitrogens with two attached hydrogens (primary N) is 1. The Morgan fingerprint density at radius 3 is 2.44 bits per heavy atom. The third-order valence-electron chi connectivity index (χ3n) is 1.99. The molecular weight excluding hydrogens is 221 g/mol. The maximum atomic E-state index is 13.1. The molecule has 6 heteroatoms. The number of halogens is 3.